The zero-order valence-corrected chi connectivity index (χ0v) is 16.4. The second kappa shape index (κ2) is 8.25. The van der Waals surface area contributed by atoms with E-state index in [1.54, 1.807) is 0 Å². The molecule has 3 aliphatic heterocycles. The quantitative estimate of drug-likeness (QED) is 0.584. The van der Waals surface area contributed by atoms with Crippen molar-refractivity contribution in [1.82, 2.24) is 10.2 Å². The third-order valence-corrected chi connectivity index (χ3v) is 7.47. The lowest BCUT2D eigenvalue weighted by Gasteiger charge is -2.24. The van der Waals surface area contributed by atoms with E-state index in [4.69, 9.17) is 9.73 Å². The third kappa shape index (κ3) is 5.33. The summed E-state index contributed by atoms with van der Waals surface area (Å²) in [6.07, 6.45) is 3.16. The molecule has 0 amide bonds. The Balaban J connectivity index is 1.56. The summed E-state index contributed by atoms with van der Waals surface area (Å²) >= 11 is 0. The van der Waals surface area contributed by atoms with Crippen LogP contribution >= 0.6 is 0 Å². The fraction of sp³-hybridized carbons (Fsp3) is 0.944. The van der Waals surface area contributed by atoms with Crippen LogP contribution in [0.5, 0.6) is 0 Å². The van der Waals surface area contributed by atoms with Crippen LogP contribution in [0, 0.1) is 23.7 Å². The lowest BCUT2D eigenvalue weighted by molar-refractivity contribution is 0.173. The number of nitrogens with zero attached hydrogens (tertiary/aromatic N) is 2. The maximum Gasteiger partial charge on any atom is 0.193 e. The van der Waals surface area contributed by atoms with Crippen LogP contribution in [-0.4, -0.2) is 70.2 Å². The number of guanidine groups is 1. The second-order valence-corrected chi connectivity index (χ2v) is 10.6. The number of hydrogen-bond acceptors (Lipinski definition) is 4. The Hall–Kier alpha value is -0.820. The van der Waals surface area contributed by atoms with Crippen molar-refractivity contribution in [1.29, 1.82) is 0 Å². The summed E-state index contributed by atoms with van der Waals surface area (Å²) in [6, 6.07) is 0. The van der Waals surface area contributed by atoms with Gasteiger partial charge in [0.25, 0.3) is 0 Å². The predicted octanol–water partition coefficient (Wildman–Crippen LogP) is 1.38. The summed E-state index contributed by atoms with van der Waals surface area (Å²) in [5, 5.41) is 3.49. The Morgan fingerprint density at radius 3 is 2.76 bits per heavy atom. The molecule has 3 rings (SSSR count). The number of nitrogens with one attached hydrogen (secondary N) is 1. The molecular weight excluding hydrogens is 338 g/mol. The van der Waals surface area contributed by atoms with Crippen LogP contribution in [-0.2, 0) is 14.6 Å². The zero-order valence-electron chi connectivity index (χ0n) is 15.6. The normalized spacial score (nSPS) is 32.7. The molecule has 6 nitrogen and oxygen atoms in total. The fourth-order valence-corrected chi connectivity index (χ4v) is 5.96. The lowest BCUT2D eigenvalue weighted by atomic mass is 9.91. The molecule has 7 heteroatoms. The van der Waals surface area contributed by atoms with Gasteiger partial charge in [0.1, 0.15) is 0 Å². The standard InChI is InChI=1S/C18H33N3O3S/c1-14(2)9-19-18(20-10-15-5-8-25(22,23)13-15)21-6-3-16(11-21)17-4-7-24-12-17/h14-17H,3-13H2,1-2H3,(H,19,20). The van der Waals surface area contributed by atoms with Gasteiger partial charge in [0.2, 0.25) is 0 Å². The molecule has 3 heterocycles. The van der Waals surface area contributed by atoms with E-state index in [0.29, 0.717) is 35.8 Å². The van der Waals surface area contributed by atoms with Crippen LogP contribution in [0.3, 0.4) is 0 Å². The predicted molar refractivity (Wildman–Crippen MR) is 101 cm³/mol. The molecule has 0 spiro atoms. The van der Waals surface area contributed by atoms with Gasteiger partial charge in [-0.1, -0.05) is 13.8 Å². The van der Waals surface area contributed by atoms with E-state index in [0.717, 1.165) is 45.2 Å². The van der Waals surface area contributed by atoms with E-state index < -0.39 is 9.84 Å². The van der Waals surface area contributed by atoms with E-state index in [1.165, 1.54) is 12.8 Å². The maximum atomic E-state index is 11.7. The first kappa shape index (κ1) is 19.0. The molecule has 0 saturated carbocycles. The minimum atomic E-state index is -2.82. The molecule has 3 unspecified atom stereocenters. The average molecular weight is 372 g/mol. The molecule has 1 N–H and O–H groups in total. The summed E-state index contributed by atoms with van der Waals surface area (Å²) in [7, 11) is -2.82. The molecule has 3 aliphatic rings. The molecule has 3 fully saturated rings. The Kier molecular flexibility index (Phi) is 6.25. The van der Waals surface area contributed by atoms with Gasteiger partial charge in [0.05, 0.1) is 11.5 Å². The smallest absolute Gasteiger partial charge is 0.193 e. The van der Waals surface area contributed by atoms with Gasteiger partial charge in [-0.3, -0.25) is 4.99 Å². The van der Waals surface area contributed by atoms with Crippen LogP contribution in [0.1, 0.15) is 33.1 Å². The highest BCUT2D eigenvalue weighted by Crippen LogP contribution is 2.30. The molecule has 144 valence electrons. The molecule has 25 heavy (non-hydrogen) atoms. The minimum absolute atomic E-state index is 0.218. The first-order valence-corrected chi connectivity index (χ1v) is 11.6. The van der Waals surface area contributed by atoms with Gasteiger partial charge in [0, 0.05) is 39.4 Å². The molecule has 0 aromatic carbocycles. The van der Waals surface area contributed by atoms with Crippen LogP contribution in [0.25, 0.3) is 0 Å². The first-order chi connectivity index (χ1) is 11.9. The number of rotatable bonds is 5. The van der Waals surface area contributed by atoms with Crippen LogP contribution in [0.4, 0.5) is 0 Å². The highest BCUT2D eigenvalue weighted by Gasteiger charge is 2.34. The number of sulfone groups is 1. The zero-order chi connectivity index (χ0) is 17.9. The van der Waals surface area contributed by atoms with Gasteiger partial charge in [-0.25, -0.2) is 8.42 Å². The largest absolute Gasteiger partial charge is 0.381 e. The van der Waals surface area contributed by atoms with E-state index in [-0.39, 0.29) is 5.92 Å². The highest BCUT2D eigenvalue weighted by molar-refractivity contribution is 7.91. The molecule has 0 bridgehead atoms. The third-order valence-electron chi connectivity index (χ3n) is 5.64. The summed E-state index contributed by atoms with van der Waals surface area (Å²) in [4.78, 5) is 7.18. The van der Waals surface area contributed by atoms with Gasteiger partial charge < -0.3 is 15.0 Å². The monoisotopic (exact) mass is 371 g/mol. The Morgan fingerprint density at radius 2 is 2.12 bits per heavy atom. The van der Waals surface area contributed by atoms with E-state index >= 15 is 0 Å². The van der Waals surface area contributed by atoms with Crippen molar-refractivity contribution in [3.8, 4) is 0 Å². The Morgan fingerprint density at radius 1 is 1.28 bits per heavy atom. The molecular formula is C18H33N3O3S. The molecule has 0 aromatic rings. The van der Waals surface area contributed by atoms with Crippen LogP contribution < -0.4 is 5.32 Å². The van der Waals surface area contributed by atoms with Crippen molar-refractivity contribution in [3.63, 3.8) is 0 Å². The van der Waals surface area contributed by atoms with Crippen molar-refractivity contribution in [2.45, 2.75) is 33.1 Å². The minimum Gasteiger partial charge on any atom is -0.381 e. The molecule has 0 radical (unpaired) electrons. The van der Waals surface area contributed by atoms with Gasteiger partial charge >= 0.3 is 0 Å². The number of aliphatic imine (C=N–C) groups is 1. The lowest BCUT2D eigenvalue weighted by Crippen LogP contribution is -2.43. The van der Waals surface area contributed by atoms with Gasteiger partial charge in [-0.2, -0.15) is 0 Å². The van der Waals surface area contributed by atoms with Gasteiger partial charge in [0.15, 0.2) is 15.8 Å². The fourth-order valence-electron chi connectivity index (χ4n) is 4.09. The molecule has 3 atom stereocenters. The molecule has 0 aromatic heterocycles. The van der Waals surface area contributed by atoms with Gasteiger partial charge in [-0.15, -0.1) is 0 Å². The molecule has 3 saturated heterocycles. The average Bonchev–Trinajstić information content (AvgIpc) is 3.26. The van der Waals surface area contributed by atoms with Crippen LogP contribution in [0.15, 0.2) is 4.99 Å². The van der Waals surface area contributed by atoms with Gasteiger partial charge in [-0.05, 0) is 42.9 Å². The van der Waals surface area contributed by atoms with Crippen molar-refractivity contribution >= 4 is 15.8 Å². The van der Waals surface area contributed by atoms with E-state index in [2.05, 4.69) is 24.1 Å². The second-order valence-electron chi connectivity index (χ2n) is 8.33. The number of likely N-dealkylation sites (tertiary alicyclic amines) is 1. The first-order valence-electron chi connectivity index (χ1n) is 9.74. The molecule has 0 aliphatic carbocycles. The van der Waals surface area contributed by atoms with E-state index in [9.17, 15) is 8.42 Å². The summed E-state index contributed by atoms with van der Waals surface area (Å²) in [5.41, 5.74) is 0. The SMILES string of the molecule is CC(C)CN=C(NCC1CCS(=O)(=O)C1)N1CCC(C2CCOC2)C1. The number of ether oxygens (including phenoxy) is 1. The summed E-state index contributed by atoms with van der Waals surface area (Å²) in [5.74, 6) is 3.75. The summed E-state index contributed by atoms with van der Waals surface area (Å²) < 4.78 is 28.9. The Labute approximate surface area is 152 Å². The van der Waals surface area contributed by atoms with Crippen molar-refractivity contribution in [2.24, 2.45) is 28.7 Å². The topological polar surface area (TPSA) is 71.0 Å². The van der Waals surface area contributed by atoms with Crippen LogP contribution in [0.2, 0.25) is 0 Å². The van der Waals surface area contributed by atoms with Crippen molar-refractivity contribution < 1.29 is 13.2 Å². The van der Waals surface area contributed by atoms with E-state index in [1.807, 2.05) is 0 Å². The van der Waals surface area contributed by atoms with Crippen molar-refractivity contribution in [3.05, 3.63) is 0 Å². The van der Waals surface area contributed by atoms with Crippen molar-refractivity contribution in [2.75, 3.05) is 50.9 Å². The summed E-state index contributed by atoms with van der Waals surface area (Å²) in [6.45, 7) is 9.76. The number of hydrogen-bond donors (Lipinski definition) is 1. The maximum absolute atomic E-state index is 11.7. The highest BCUT2D eigenvalue weighted by atomic mass is 32.2. The Bertz CT molecular complexity index is 570.